The van der Waals surface area contributed by atoms with Crippen molar-refractivity contribution in [3.05, 3.63) is 21.4 Å². The van der Waals surface area contributed by atoms with Crippen LogP contribution in [0.4, 0.5) is 0 Å². The Hall–Kier alpha value is -1.72. The second kappa shape index (κ2) is 2.96. The molecule has 0 aromatic heterocycles. The van der Waals surface area contributed by atoms with Crippen molar-refractivity contribution in [2.75, 3.05) is 0 Å². The maximum Gasteiger partial charge on any atom is 0.333 e. The van der Waals surface area contributed by atoms with E-state index in [1.54, 1.807) is 0 Å². The summed E-state index contributed by atoms with van der Waals surface area (Å²) in [5.41, 5.74) is 0.192. The number of rotatable bonds is 2. The van der Waals surface area contributed by atoms with E-state index in [-0.39, 0.29) is 17.0 Å². The number of allylic oxidation sites excluding steroid dienone is 1. The smallest absolute Gasteiger partial charge is 0.333 e. The van der Waals surface area contributed by atoms with Gasteiger partial charge in [-0.2, -0.15) is 0 Å². The fourth-order valence-electron chi connectivity index (χ4n) is 1.28. The fourth-order valence-corrected chi connectivity index (χ4v) is 1.28. The van der Waals surface area contributed by atoms with Gasteiger partial charge in [-0.1, -0.05) is 0 Å². The number of aliphatic imine (C=N–C) groups is 1. The van der Waals surface area contributed by atoms with E-state index in [4.69, 9.17) is 5.11 Å². The predicted molar refractivity (Wildman–Crippen MR) is 44.2 cm³/mol. The molecule has 1 aliphatic rings. The Morgan fingerprint density at radius 1 is 1.62 bits per heavy atom. The third kappa shape index (κ3) is 1.42. The lowest BCUT2D eigenvalue weighted by Gasteiger charge is -1.99. The van der Waals surface area contributed by atoms with Crippen molar-refractivity contribution in [1.29, 1.82) is 0 Å². The van der Waals surface area contributed by atoms with Gasteiger partial charge >= 0.3 is 5.97 Å². The number of carboxylic acid groups (broad SMARTS) is 1. The minimum Gasteiger partial charge on any atom is -0.479 e. The molecule has 70 valence electrons. The lowest BCUT2D eigenvalue weighted by Crippen LogP contribution is -2.17. The van der Waals surface area contributed by atoms with Gasteiger partial charge in [-0.05, 0) is 13.8 Å². The van der Waals surface area contributed by atoms with Crippen LogP contribution in [0.2, 0.25) is 0 Å². The Morgan fingerprint density at radius 3 is 2.38 bits per heavy atom. The molecule has 0 radical (unpaired) electrons. The van der Waals surface area contributed by atoms with Gasteiger partial charge < -0.3 is 5.11 Å². The lowest BCUT2D eigenvalue weighted by atomic mass is 10.1. The van der Waals surface area contributed by atoms with Gasteiger partial charge in [0.25, 0.3) is 5.70 Å². The van der Waals surface area contributed by atoms with Crippen molar-refractivity contribution in [3.63, 3.8) is 0 Å². The zero-order valence-corrected chi connectivity index (χ0v) is 7.14. The molecule has 6 heteroatoms. The van der Waals surface area contributed by atoms with Crippen LogP contribution in [0.1, 0.15) is 13.8 Å². The molecule has 1 heterocycles. The SMILES string of the molecule is CC1=N[C@@H](C(=O)O)C(C)=C1[N+](=O)[O-]. The van der Waals surface area contributed by atoms with Gasteiger partial charge in [0.1, 0.15) is 5.71 Å². The van der Waals surface area contributed by atoms with Crippen LogP contribution in [0.15, 0.2) is 16.3 Å². The molecule has 0 saturated carbocycles. The van der Waals surface area contributed by atoms with Crippen molar-refractivity contribution >= 4 is 11.7 Å². The van der Waals surface area contributed by atoms with Crippen LogP contribution >= 0.6 is 0 Å². The van der Waals surface area contributed by atoms with E-state index in [1.165, 1.54) is 13.8 Å². The predicted octanol–water partition coefficient (Wildman–Crippen LogP) is 0.465. The van der Waals surface area contributed by atoms with Crippen molar-refractivity contribution in [2.24, 2.45) is 4.99 Å². The van der Waals surface area contributed by atoms with Gasteiger partial charge in [0.15, 0.2) is 6.04 Å². The van der Waals surface area contributed by atoms with Crippen molar-refractivity contribution in [2.45, 2.75) is 19.9 Å². The van der Waals surface area contributed by atoms with Gasteiger partial charge in [0.05, 0.1) is 4.92 Å². The number of hydrogen-bond donors (Lipinski definition) is 1. The van der Waals surface area contributed by atoms with Crippen LogP contribution < -0.4 is 0 Å². The van der Waals surface area contributed by atoms with Crippen LogP contribution in [-0.2, 0) is 4.79 Å². The van der Waals surface area contributed by atoms with E-state index in [2.05, 4.69) is 4.99 Å². The summed E-state index contributed by atoms with van der Waals surface area (Å²) in [6, 6.07) is -1.08. The van der Waals surface area contributed by atoms with Gasteiger partial charge in [-0.3, -0.25) is 15.1 Å². The first-order chi connectivity index (χ1) is 5.95. The Morgan fingerprint density at radius 2 is 2.15 bits per heavy atom. The largest absolute Gasteiger partial charge is 0.479 e. The molecule has 13 heavy (non-hydrogen) atoms. The van der Waals surface area contributed by atoms with Crippen molar-refractivity contribution in [1.82, 2.24) is 0 Å². The Bertz CT molecular complexity index is 342. The highest BCUT2D eigenvalue weighted by Gasteiger charge is 2.35. The van der Waals surface area contributed by atoms with E-state index >= 15 is 0 Å². The molecule has 1 rings (SSSR count). The first-order valence-electron chi connectivity index (χ1n) is 3.58. The van der Waals surface area contributed by atoms with E-state index in [1.807, 2.05) is 0 Å². The zero-order valence-electron chi connectivity index (χ0n) is 7.14. The van der Waals surface area contributed by atoms with Crippen LogP contribution in [0.5, 0.6) is 0 Å². The maximum atomic E-state index is 10.6. The standard InChI is InChI=1S/C7H8N2O4/c1-3-5(7(10)11)8-4(2)6(3)9(12)13/h5H,1-2H3,(H,10,11)/t5-/m1/s1. The number of nitro groups is 1. The molecular weight excluding hydrogens is 176 g/mol. The molecule has 0 bridgehead atoms. The second-order valence-electron chi connectivity index (χ2n) is 2.74. The van der Waals surface area contributed by atoms with Gasteiger partial charge in [0, 0.05) is 5.57 Å². The van der Waals surface area contributed by atoms with Gasteiger partial charge in [-0.25, -0.2) is 4.79 Å². The summed E-state index contributed by atoms with van der Waals surface area (Å²) in [5, 5.41) is 19.1. The topological polar surface area (TPSA) is 92.8 Å². The third-order valence-corrected chi connectivity index (χ3v) is 1.87. The summed E-state index contributed by atoms with van der Waals surface area (Å²) in [6.07, 6.45) is 0. The van der Waals surface area contributed by atoms with E-state index in [0.29, 0.717) is 0 Å². The average Bonchev–Trinajstić information content (AvgIpc) is 2.26. The zero-order chi connectivity index (χ0) is 10.2. The Kier molecular flexibility index (Phi) is 2.14. The molecule has 0 saturated heterocycles. The molecule has 0 aromatic rings. The summed E-state index contributed by atoms with van der Waals surface area (Å²) in [6.45, 7) is 2.85. The summed E-state index contributed by atoms with van der Waals surface area (Å²) < 4.78 is 0. The van der Waals surface area contributed by atoms with Crippen LogP contribution in [0.25, 0.3) is 0 Å². The Labute approximate surface area is 73.7 Å². The quantitative estimate of drug-likeness (QED) is 0.498. The van der Waals surface area contributed by atoms with E-state index in [0.717, 1.165) is 0 Å². The van der Waals surface area contributed by atoms with Gasteiger partial charge in [0.2, 0.25) is 0 Å². The molecule has 0 unspecified atom stereocenters. The minimum absolute atomic E-state index is 0.174. The summed E-state index contributed by atoms with van der Waals surface area (Å²) >= 11 is 0. The number of carbonyl (C=O) groups is 1. The highest BCUT2D eigenvalue weighted by Crippen LogP contribution is 2.21. The second-order valence-corrected chi connectivity index (χ2v) is 2.74. The molecule has 0 amide bonds. The molecule has 0 fully saturated rings. The lowest BCUT2D eigenvalue weighted by molar-refractivity contribution is -0.415. The maximum absolute atomic E-state index is 10.6. The van der Waals surface area contributed by atoms with E-state index < -0.39 is 16.9 Å². The molecule has 0 aromatic carbocycles. The number of nitrogens with zero attached hydrogens (tertiary/aromatic N) is 2. The molecule has 1 atom stereocenters. The van der Waals surface area contributed by atoms with Crippen LogP contribution in [0, 0.1) is 10.1 Å². The van der Waals surface area contributed by atoms with Crippen molar-refractivity contribution < 1.29 is 14.8 Å². The Balaban J connectivity index is 3.15. The van der Waals surface area contributed by atoms with Crippen LogP contribution in [0.3, 0.4) is 0 Å². The molecule has 1 N–H and O–H groups in total. The summed E-state index contributed by atoms with van der Waals surface area (Å²) in [7, 11) is 0. The number of aliphatic carboxylic acids is 1. The van der Waals surface area contributed by atoms with Crippen molar-refractivity contribution in [3.8, 4) is 0 Å². The summed E-state index contributed by atoms with van der Waals surface area (Å²) in [5.74, 6) is -1.16. The molecule has 0 aliphatic carbocycles. The average molecular weight is 184 g/mol. The highest BCUT2D eigenvalue weighted by atomic mass is 16.6. The number of carboxylic acids is 1. The first kappa shape index (κ1) is 9.37. The monoisotopic (exact) mass is 184 g/mol. The van der Waals surface area contributed by atoms with E-state index in [9.17, 15) is 14.9 Å². The molecule has 0 spiro atoms. The third-order valence-electron chi connectivity index (χ3n) is 1.87. The highest BCUT2D eigenvalue weighted by molar-refractivity contribution is 6.02. The number of hydrogen-bond acceptors (Lipinski definition) is 4. The molecule has 6 nitrogen and oxygen atoms in total. The minimum atomic E-state index is -1.16. The fraction of sp³-hybridized carbons (Fsp3) is 0.429. The first-order valence-corrected chi connectivity index (χ1v) is 3.58. The van der Waals surface area contributed by atoms with Gasteiger partial charge in [-0.15, -0.1) is 0 Å². The van der Waals surface area contributed by atoms with Crippen LogP contribution in [-0.4, -0.2) is 27.8 Å². The normalized spacial score (nSPS) is 21.7. The molecule has 1 aliphatic heterocycles. The molecular formula is C7H8N2O4. The summed E-state index contributed by atoms with van der Waals surface area (Å²) in [4.78, 5) is 24.1.